The Kier molecular flexibility index (Phi) is 4.88. The number of hydrogen-bond acceptors (Lipinski definition) is 6. The van der Waals surface area contributed by atoms with Gasteiger partial charge in [0.2, 0.25) is 0 Å². The lowest BCUT2D eigenvalue weighted by atomic mass is 10.2. The summed E-state index contributed by atoms with van der Waals surface area (Å²) in [5.74, 6) is 0.828. The largest absolute Gasteiger partial charge is 0.383 e. The molecule has 0 bridgehead atoms. The fourth-order valence-corrected chi connectivity index (χ4v) is 5.95. The number of hydrogen-bond donors (Lipinski definition) is 2. The van der Waals surface area contributed by atoms with Crippen molar-refractivity contribution >= 4 is 37.8 Å². The summed E-state index contributed by atoms with van der Waals surface area (Å²) in [5.41, 5.74) is 3.32. The molecule has 2 aliphatic rings. The van der Waals surface area contributed by atoms with Gasteiger partial charge in [0, 0.05) is 42.4 Å². The van der Waals surface area contributed by atoms with Crippen LogP contribution in [0.3, 0.4) is 0 Å². The fraction of sp³-hybridized carbons (Fsp3) is 0.476. The van der Waals surface area contributed by atoms with Crippen molar-refractivity contribution in [2.24, 2.45) is 5.92 Å². The standard InChI is InChI=1S/C21H26N4O2S2/c1-29(26,27)17-7-8-25(13-17)12-16-11-23-21(28-16)19-9-15-3-2-4-18(20(15)24-19)22-10-14-5-6-14/h2-4,9,11,14,17,22,24H,5-8,10,12-13H2,1H3. The van der Waals surface area contributed by atoms with E-state index in [9.17, 15) is 8.42 Å². The van der Waals surface area contributed by atoms with Gasteiger partial charge in [0.05, 0.1) is 22.1 Å². The van der Waals surface area contributed by atoms with Gasteiger partial charge >= 0.3 is 0 Å². The van der Waals surface area contributed by atoms with Crippen LogP contribution in [0.5, 0.6) is 0 Å². The minimum atomic E-state index is -2.96. The van der Waals surface area contributed by atoms with Crippen LogP contribution in [0.1, 0.15) is 24.1 Å². The molecule has 1 aliphatic carbocycles. The van der Waals surface area contributed by atoms with Crippen molar-refractivity contribution in [1.82, 2.24) is 14.9 Å². The second-order valence-electron chi connectivity index (χ2n) is 8.38. The molecule has 1 aromatic carbocycles. The highest BCUT2D eigenvalue weighted by Crippen LogP contribution is 2.33. The minimum absolute atomic E-state index is 0.231. The summed E-state index contributed by atoms with van der Waals surface area (Å²) >= 11 is 1.68. The average Bonchev–Trinajstić information content (AvgIpc) is 3.09. The Hall–Kier alpha value is -1.90. The van der Waals surface area contributed by atoms with E-state index >= 15 is 0 Å². The Labute approximate surface area is 175 Å². The zero-order valence-corrected chi connectivity index (χ0v) is 18.2. The van der Waals surface area contributed by atoms with Gasteiger partial charge in [0.1, 0.15) is 5.01 Å². The molecule has 2 N–H and O–H groups in total. The molecule has 5 rings (SSSR count). The molecule has 6 nitrogen and oxygen atoms in total. The highest BCUT2D eigenvalue weighted by molar-refractivity contribution is 7.91. The summed E-state index contributed by atoms with van der Waals surface area (Å²) in [5, 5.41) is 5.51. The Morgan fingerprint density at radius 1 is 1.31 bits per heavy atom. The van der Waals surface area contributed by atoms with Crippen LogP contribution in [0, 0.1) is 5.92 Å². The molecule has 1 atom stereocenters. The number of fused-ring (bicyclic) bond motifs is 1. The van der Waals surface area contributed by atoms with Crippen LogP contribution < -0.4 is 5.32 Å². The van der Waals surface area contributed by atoms with Crippen LogP contribution in [-0.4, -0.2) is 54.4 Å². The summed E-state index contributed by atoms with van der Waals surface area (Å²) < 4.78 is 23.5. The van der Waals surface area contributed by atoms with E-state index in [2.05, 4.69) is 44.5 Å². The number of rotatable bonds is 7. The molecule has 0 amide bonds. The monoisotopic (exact) mass is 430 g/mol. The number of aromatic nitrogens is 2. The van der Waals surface area contributed by atoms with E-state index in [1.165, 1.54) is 29.4 Å². The number of nitrogens with one attached hydrogen (secondary N) is 2. The van der Waals surface area contributed by atoms with E-state index in [1.807, 2.05) is 6.20 Å². The molecule has 1 aliphatic heterocycles. The van der Waals surface area contributed by atoms with Crippen molar-refractivity contribution in [3.05, 3.63) is 35.3 Å². The summed E-state index contributed by atoms with van der Waals surface area (Å²) in [6.45, 7) is 3.25. The third kappa shape index (κ3) is 4.20. The van der Waals surface area contributed by atoms with E-state index in [0.717, 1.165) is 53.9 Å². The number of nitrogens with zero attached hydrogens (tertiary/aromatic N) is 2. The molecule has 1 saturated carbocycles. The maximum absolute atomic E-state index is 11.8. The van der Waals surface area contributed by atoms with Gasteiger partial charge in [-0.3, -0.25) is 4.90 Å². The molecular weight excluding hydrogens is 404 g/mol. The molecule has 2 fully saturated rings. The average molecular weight is 431 g/mol. The normalized spacial score (nSPS) is 20.5. The Morgan fingerprint density at radius 2 is 2.17 bits per heavy atom. The zero-order valence-electron chi connectivity index (χ0n) is 16.5. The SMILES string of the molecule is CS(=O)(=O)C1CCN(Cc2cnc(-c3cc4cccc(NCC5CC5)c4[nH]3)s2)C1. The predicted octanol–water partition coefficient (Wildman–Crippen LogP) is 3.73. The summed E-state index contributed by atoms with van der Waals surface area (Å²) in [4.78, 5) is 11.6. The summed E-state index contributed by atoms with van der Waals surface area (Å²) in [7, 11) is -2.96. The van der Waals surface area contributed by atoms with Crippen molar-refractivity contribution < 1.29 is 8.42 Å². The van der Waals surface area contributed by atoms with Gasteiger partial charge in [0.15, 0.2) is 9.84 Å². The van der Waals surface area contributed by atoms with E-state index in [0.29, 0.717) is 6.54 Å². The quantitative estimate of drug-likeness (QED) is 0.597. The van der Waals surface area contributed by atoms with Crippen LogP contribution in [0.2, 0.25) is 0 Å². The van der Waals surface area contributed by atoms with Gasteiger partial charge in [-0.05, 0) is 43.9 Å². The fourth-order valence-electron chi connectivity index (χ4n) is 4.01. The van der Waals surface area contributed by atoms with E-state index in [4.69, 9.17) is 0 Å². The molecule has 3 heterocycles. The number of benzene rings is 1. The number of thiazole rings is 1. The van der Waals surface area contributed by atoms with Crippen LogP contribution >= 0.6 is 11.3 Å². The predicted molar refractivity (Wildman–Crippen MR) is 119 cm³/mol. The van der Waals surface area contributed by atoms with Gasteiger partial charge in [-0.2, -0.15) is 0 Å². The van der Waals surface area contributed by atoms with Gasteiger partial charge in [0.25, 0.3) is 0 Å². The lowest BCUT2D eigenvalue weighted by Gasteiger charge is -2.13. The maximum Gasteiger partial charge on any atom is 0.151 e. The Balaban J connectivity index is 1.31. The Bertz CT molecular complexity index is 1130. The molecule has 8 heteroatoms. The first-order chi connectivity index (χ1) is 14.0. The second-order valence-corrected chi connectivity index (χ2v) is 11.8. The number of likely N-dealkylation sites (tertiary alicyclic amines) is 1. The lowest BCUT2D eigenvalue weighted by Crippen LogP contribution is -2.25. The molecular formula is C21H26N4O2S2. The Morgan fingerprint density at radius 3 is 2.93 bits per heavy atom. The van der Waals surface area contributed by atoms with Crippen molar-refractivity contribution in [3.8, 4) is 10.7 Å². The molecule has 2 aromatic heterocycles. The lowest BCUT2D eigenvalue weighted by molar-refractivity contribution is 0.334. The smallest absolute Gasteiger partial charge is 0.151 e. The molecule has 0 spiro atoms. The summed E-state index contributed by atoms with van der Waals surface area (Å²) in [6.07, 6.45) is 6.66. The number of sulfone groups is 1. The zero-order chi connectivity index (χ0) is 20.0. The number of para-hydroxylation sites is 1. The molecule has 0 radical (unpaired) electrons. The maximum atomic E-state index is 11.8. The third-order valence-corrected chi connectivity index (χ3v) is 8.54. The molecule has 3 aromatic rings. The molecule has 1 saturated heterocycles. The highest BCUT2D eigenvalue weighted by Gasteiger charge is 2.30. The molecule has 154 valence electrons. The third-order valence-electron chi connectivity index (χ3n) is 5.93. The molecule has 1 unspecified atom stereocenters. The first kappa shape index (κ1) is 19.1. The molecule has 29 heavy (non-hydrogen) atoms. The first-order valence-electron chi connectivity index (χ1n) is 10.2. The van der Waals surface area contributed by atoms with Crippen molar-refractivity contribution in [2.45, 2.75) is 31.1 Å². The highest BCUT2D eigenvalue weighted by atomic mass is 32.2. The topological polar surface area (TPSA) is 78.1 Å². The van der Waals surface area contributed by atoms with E-state index < -0.39 is 9.84 Å². The van der Waals surface area contributed by atoms with Crippen LogP contribution in [0.15, 0.2) is 30.5 Å². The second kappa shape index (κ2) is 7.41. The number of aromatic amines is 1. The van der Waals surface area contributed by atoms with Gasteiger partial charge < -0.3 is 10.3 Å². The first-order valence-corrected chi connectivity index (χ1v) is 12.9. The van der Waals surface area contributed by atoms with Crippen molar-refractivity contribution in [3.63, 3.8) is 0 Å². The van der Waals surface area contributed by atoms with E-state index in [1.54, 1.807) is 11.3 Å². The van der Waals surface area contributed by atoms with E-state index in [-0.39, 0.29) is 5.25 Å². The van der Waals surface area contributed by atoms with Gasteiger partial charge in [-0.25, -0.2) is 13.4 Å². The number of anilines is 1. The van der Waals surface area contributed by atoms with Crippen LogP contribution in [-0.2, 0) is 16.4 Å². The minimum Gasteiger partial charge on any atom is -0.383 e. The van der Waals surface area contributed by atoms with Crippen molar-refractivity contribution in [1.29, 1.82) is 0 Å². The van der Waals surface area contributed by atoms with Crippen LogP contribution in [0.25, 0.3) is 21.6 Å². The number of H-pyrrole nitrogens is 1. The van der Waals surface area contributed by atoms with Gasteiger partial charge in [-0.1, -0.05) is 12.1 Å². The summed E-state index contributed by atoms with van der Waals surface area (Å²) in [6, 6.07) is 8.51. The van der Waals surface area contributed by atoms with Crippen LogP contribution in [0.4, 0.5) is 5.69 Å². The van der Waals surface area contributed by atoms with Crippen molar-refractivity contribution in [2.75, 3.05) is 31.2 Å². The van der Waals surface area contributed by atoms with Gasteiger partial charge in [-0.15, -0.1) is 11.3 Å².